The highest BCUT2D eigenvalue weighted by molar-refractivity contribution is 5.69. The average Bonchev–Trinajstić information content (AvgIpc) is 3.04. The molecule has 0 amide bonds. The predicted octanol–water partition coefficient (Wildman–Crippen LogP) is 11.0. The number of hydrogen-bond acceptors (Lipinski definition) is 7. The van der Waals surface area contributed by atoms with Crippen molar-refractivity contribution >= 4 is 18.4 Å². The zero-order valence-electron chi connectivity index (χ0n) is 30.6. The van der Waals surface area contributed by atoms with Crippen molar-refractivity contribution < 1.29 is 19.2 Å². The van der Waals surface area contributed by atoms with Crippen LogP contribution >= 0.6 is 0 Å². The molecule has 7 heteroatoms. The van der Waals surface area contributed by atoms with Gasteiger partial charge in [0.1, 0.15) is 19.3 Å². The van der Waals surface area contributed by atoms with Crippen molar-refractivity contribution in [1.82, 2.24) is 4.90 Å². The van der Waals surface area contributed by atoms with Gasteiger partial charge >= 0.3 is 5.97 Å². The Morgan fingerprint density at radius 1 is 0.587 bits per heavy atom. The zero-order chi connectivity index (χ0) is 33.6. The molecule has 0 spiro atoms. The van der Waals surface area contributed by atoms with Gasteiger partial charge in [-0.3, -0.25) is 4.79 Å². The van der Waals surface area contributed by atoms with E-state index in [2.05, 4.69) is 53.4 Å². The number of carbonyl (C=O) groups is 1. The minimum absolute atomic E-state index is 0.0248. The smallest absolute Gasteiger partial charge is 0.306 e. The number of unbranched alkanes of at least 4 members (excludes halogenated alkanes) is 16. The number of oxime groups is 2. The monoisotopic (exact) mass is 648 g/mol. The summed E-state index contributed by atoms with van der Waals surface area (Å²) in [5, 5.41) is 8.10. The molecule has 0 aromatic rings. The molecular weight excluding hydrogens is 574 g/mol. The maximum atomic E-state index is 12.5. The quantitative estimate of drug-likeness (QED) is 0.0225. The molecule has 0 saturated heterocycles. The summed E-state index contributed by atoms with van der Waals surface area (Å²) in [6.45, 7) is 6.46. The van der Waals surface area contributed by atoms with Gasteiger partial charge in [0.25, 0.3) is 0 Å². The van der Waals surface area contributed by atoms with Crippen LogP contribution in [0.1, 0.15) is 168 Å². The molecular formula is C39H73N3O4. The van der Waals surface area contributed by atoms with Crippen LogP contribution in [-0.2, 0) is 19.2 Å². The van der Waals surface area contributed by atoms with Crippen molar-refractivity contribution in [1.29, 1.82) is 0 Å². The van der Waals surface area contributed by atoms with Gasteiger partial charge in [0.15, 0.2) is 0 Å². The molecule has 0 radical (unpaired) electrons. The Bertz CT molecular complexity index is 704. The molecule has 0 fully saturated rings. The second kappa shape index (κ2) is 37.3. The molecule has 0 heterocycles. The second-order valence-corrected chi connectivity index (χ2v) is 12.8. The fraction of sp³-hybridized carbons (Fsp3) is 0.821. The van der Waals surface area contributed by atoms with E-state index >= 15 is 0 Å². The van der Waals surface area contributed by atoms with E-state index in [1.807, 2.05) is 26.5 Å². The van der Waals surface area contributed by atoms with Gasteiger partial charge < -0.3 is 19.3 Å². The van der Waals surface area contributed by atoms with Gasteiger partial charge in [-0.2, -0.15) is 0 Å². The first-order chi connectivity index (χ1) is 22.6. The topological polar surface area (TPSA) is 72.7 Å². The summed E-state index contributed by atoms with van der Waals surface area (Å²) in [6.07, 6.45) is 39.3. The van der Waals surface area contributed by atoms with E-state index in [0.29, 0.717) is 19.6 Å². The van der Waals surface area contributed by atoms with Crippen LogP contribution in [0.4, 0.5) is 0 Å². The summed E-state index contributed by atoms with van der Waals surface area (Å²) >= 11 is 0. The summed E-state index contributed by atoms with van der Waals surface area (Å²) in [7, 11) is 4.09. The standard InChI is InChI=1S/C39H73N3O4/c1-5-7-9-21-27-36-44-40-33-25-19-15-11-13-17-23-30-38(46-39(43)32-29-35-42(3)4)31-24-18-14-12-16-20-26-34-41-45-37-28-22-10-8-6-2/h21-22,27-28,33-34,38H,5-20,23-26,29-32,35-37H2,1-4H3/b27-21-,28-22-,40-33-,41-34-. The largest absolute Gasteiger partial charge is 0.462 e. The Morgan fingerprint density at radius 2 is 1.04 bits per heavy atom. The van der Waals surface area contributed by atoms with Crippen LogP contribution in [0.3, 0.4) is 0 Å². The number of allylic oxidation sites excluding steroid dienone is 2. The van der Waals surface area contributed by atoms with Crippen LogP contribution < -0.4 is 0 Å². The summed E-state index contributed by atoms with van der Waals surface area (Å²) in [5.41, 5.74) is 0. The molecule has 0 aromatic carbocycles. The molecule has 46 heavy (non-hydrogen) atoms. The Balaban J connectivity index is 4.00. The molecule has 0 rings (SSSR count). The van der Waals surface area contributed by atoms with E-state index < -0.39 is 0 Å². The third-order valence-electron chi connectivity index (χ3n) is 7.92. The van der Waals surface area contributed by atoms with Gasteiger partial charge in [-0.1, -0.05) is 113 Å². The molecule has 0 aliphatic rings. The minimum Gasteiger partial charge on any atom is -0.462 e. The number of hydrogen-bond donors (Lipinski definition) is 0. The van der Waals surface area contributed by atoms with E-state index in [0.717, 1.165) is 77.2 Å². The lowest BCUT2D eigenvalue weighted by atomic mass is 10.0. The van der Waals surface area contributed by atoms with Crippen LogP contribution in [-0.4, -0.2) is 63.3 Å². The third-order valence-corrected chi connectivity index (χ3v) is 7.92. The maximum Gasteiger partial charge on any atom is 0.306 e. The molecule has 0 aliphatic carbocycles. The van der Waals surface area contributed by atoms with Crippen molar-refractivity contribution in [3.63, 3.8) is 0 Å². The number of rotatable bonds is 35. The summed E-state index contributed by atoms with van der Waals surface area (Å²) in [4.78, 5) is 25.2. The third kappa shape index (κ3) is 36.3. The fourth-order valence-corrected chi connectivity index (χ4v) is 5.07. The predicted molar refractivity (Wildman–Crippen MR) is 198 cm³/mol. The van der Waals surface area contributed by atoms with Gasteiger partial charge in [0.2, 0.25) is 0 Å². The van der Waals surface area contributed by atoms with Gasteiger partial charge in [-0.15, -0.1) is 0 Å². The van der Waals surface area contributed by atoms with Crippen molar-refractivity contribution in [2.75, 3.05) is 33.9 Å². The Morgan fingerprint density at radius 3 is 1.50 bits per heavy atom. The molecule has 0 aromatic heterocycles. The zero-order valence-corrected chi connectivity index (χ0v) is 30.6. The van der Waals surface area contributed by atoms with E-state index in [4.69, 9.17) is 14.4 Å². The molecule has 0 unspecified atom stereocenters. The number of nitrogens with zero attached hydrogens (tertiary/aromatic N) is 3. The Kier molecular flexibility index (Phi) is 35.6. The van der Waals surface area contributed by atoms with Crippen molar-refractivity contribution in [3.05, 3.63) is 24.3 Å². The highest BCUT2D eigenvalue weighted by Gasteiger charge is 2.14. The maximum absolute atomic E-state index is 12.5. The van der Waals surface area contributed by atoms with Crippen LogP contribution in [0, 0.1) is 0 Å². The first-order valence-corrected chi connectivity index (χ1v) is 19.0. The van der Waals surface area contributed by atoms with E-state index in [9.17, 15) is 4.79 Å². The Labute approximate surface area is 284 Å². The van der Waals surface area contributed by atoms with Crippen LogP contribution in [0.5, 0.6) is 0 Å². The van der Waals surface area contributed by atoms with Gasteiger partial charge in [-0.25, -0.2) is 0 Å². The number of ether oxygens (including phenoxy) is 1. The number of carbonyl (C=O) groups excluding carboxylic acids is 1. The van der Waals surface area contributed by atoms with Crippen molar-refractivity contribution in [3.8, 4) is 0 Å². The SMILES string of the molecule is CCCC/C=C\CO/N=C\CCCCCCCCC(CCCCCCCC/C=N\OC/C=C\CCCC)OC(=O)CCCN(C)C. The summed E-state index contributed by atoms with van der Waals surface area (Å²) < 4.78 is 5.96. The first-order valence-electron chi connectivity index (χ1n) is 19.0. The van der Waals surface area contributed by atoms with Crippen molar-refractivity contribution in [2.45, 2.75) is 174 Å². The lowest BCUT2D eigenvalue weighted by Crippen LogP contribution is -2.20. The minimum atomic E-state index is -0.0248. The lowest BCUT2D eigenvalue weighted by Gasteiger charge is -2.18. The van der Waals surface area contributed by atoms with E-state index in [1.54, 1.807) is 0 Å². The second-order valence-electron chi connectivity index (χ2n) is 12.8. The lowest BCUT2D eigenvalue weighted by molar-refractivity contribution is -0.150. The average molecular weight is 648 g/mol. The normalized spacial score (nSPS) is 12.2. The molecule has 0 atom stereocenters. The van der Waals surface area contributed by atoms with Crippen LogP contribution in [0.25, 0.3) is 0 Å². The van der Waals surface area contributed by atoms with Crippen LogP contribution in [0.15, 0.2) is 34.6 Å². The highest BCUT2D eigenvalue weighted by Crippen LogP contribution is 2.18. The van der Waals surface area contributed by atoms with E-state index in [-0.39, 0.29) is 12.1 Å². The first kappa shape index (κ1) is 43.9. The molecule has 268 valence electrons. The molecule has 0 saturated carbocycles. The van der Waals surface area contributed by atoms with Crippen LogP contribution in [0.2, 0.25) is 0 Å². The van der Waals surface area contributed by atoms with Gasteiger partial charge in [-0.05, 0) is 103 Å². The molecule has 0 aliphatic heterocycles. The molecule has 7 nitrogen and oxygen atoms in total. The highest BCUT2D eigenvalue weighted by atomic mass is 16.6. The molecule has 0 N–H and O–H groups in total. The number of esters is 1. The van der Waals surface area contributed by atoms with Gasteiger partial charge in [0.05, 0.1) is 0 Å². The summed E-state index contributed by atoms with van der Waals surface area (Å²) in [5.74, 6) is -0.0248. The molecule has 0 bridgehead atoms. The fourth-order valence-electron chi connectivity index (χ4n) is 5.07. The van der Waals surface area contributed by atoms with E-state index in [1.165, 1.54) is 77.0 Å². The van der Waals surface area contributed by atoms with Crippen molar-refractivity contribution in [2.24, 2.45) is 10.3 Å². The Hall–Kier alpha value is -2.15. The van der Waals surface area contributed by atoms with Gasteiger partial charge in [0, 0.05) is 18.9 Å². The summed E-state index contributed by atoms with van der Waals surface area (Å²) in [6, 6.07) is 0.